The first-order valence-electron chi connectivity index (χ1n) is 3.96. The summed E-state index contributed by atoms with van der Waals surface area (Å²) in [5, 5.41) is 0. The first kappa shape index (κ1) is 8.78. The highest BCUT2D eigenvalue weighted by Crippen LogP contribution is 2.22. The third-order valence-corrected chi connectivity index (χ3v) is 1.78. The van der Waals surface area contributed by atoms with Gasteiger partial charge in [-0.25, -0.2) is 0 Å². The Labute approximate surface area is 71.9 Å². The van der Waals surface area contributed by atoms with Gasteiger partial charge >= 0.3 is 0 Å². The van der Waals surface area contributed by atoms with Crippen LogP contribution in [0.5, 0.6) is 0 Å². The van der Waals surface area contributed by atoms with Crippen molar-refractivity contribution >= 4 is 6.29 Å². The zero-order valence-electron chi connectivity index (χ0n) is 6.90. The summed E-state index contributed by atoms with van der Waals surface area (Å²) in [4.78, 5) is 10.3. The number of furan rings is 1. The lowest BCUT2D eigenvalue weighted by molar-refractivity contribution is -0.108. The monoisotopic (exact) mass is 164 g/mol. The molecule has 1 aromatic rings. The van der Waals surface area contributed by atoms with Crippen molar-refractivity contribution in [1.82, 2.24) is 0 Å². The molecule has 0 saturated carbocycles. The number of carbonyl (C=O) groups excluding carboxylic acids is 1. The molecule has 0 aliphatic heterocycles. The van der Waals surface area contributed by atoms with Crippen molar-refractivity contribution < 1.29 is 9.21 Å². The van der Waals surface area contributed by atoms with E-state index in [2.05, 4.69) is 6.58 Å². The van der Waals surface area contributed by atoms with E-state index in [-0.39, 0.29) is 5.92 Å². The zero-order valence-corrected chi connectivity index (χ0v) is 6.90. The van der Waals surface area contributed by atoms with Gasteiger partial charge in [0.25, 0.3) is 0 Å². The molecule has 0 unspecified atom stereocenters. The normalized spacial score (nSPS) is 12.3. The molecule has 1 aromatic heterocycles. The van der Waals surface area contributed by atoms with Crippen LogP contribution in [0.25, 0.3) is 0 Å². The maximum absolute atomic E-state index is 10.3. The lowest BCUT2D eigenvalue weighted by atomic mass is 9.99. The van der Waals surface area contributed by atoms with Crippen molar-refractivity contribution in [3.63, 3.8) is 0 Å². The molecule has 0 radical (unpaired) electrons. The topological polar surface area (TPSA) is 30.2 Å². The second-order valence-corrected chi connectivity index (χ2v) is 2.64. The first-order chi connectivity index (χ1) is 5.88. The van der Waals surface area contributed by atoms with E-state index in [1.54, 1.807) is 12.3 Å². The lowest BCUT2D eigenvalue weighted by Gasteiger charge is -2.06. The molecule has 0 aromatic carbocycles. The molecule has 0 aliphatic carbocycles. The van der Waals surface area contributed by atoms with Crippen LogP contribution >= 0.6 is 0 Å². The van der Waals surface area contributed by atoms with Crippen molar-refractivity contribution in [3.8, 4) is 0 Å². The smallest absolute Gasteiger partial charge is 0.120 e. The summed E-state index contributed by atoms with van der Waals surface area (Å²) in [7, 11) is 0. The van der Waals surface area contributed by atoms with Gasteiger partial charge in [0, 0.05) is 12.3 Å². The predicted molar refractivity (Wildman–Crippen MR) is 46.9 cm³/mol. The van der Waals surface area contributed by atoms with Crippen LogP contribution in [-0.4, -0.2) is 6.29 Å². The van der Waals surface area contributed by atoms with Crippen LogP contribution in [0.3, 0.4) is 0 Å². The van der Waals surface area contributed by atoms with Crippen molar-refractivity contribution in [3.05, 3.63) is 36.8 Å². The van der Waals surface area contributed by atoms with E-state index in [9.17, 15) is 4.79 Å². The largest absolute Gasteiger partial charge is 0.469 e. The third-order valence-electron chi connectivity index (χ3n) is 1.78. The summed E-state index contributed by atoms with van der Waals surface area (Å²) in [5.41, 5.74) is 0. The average Bonchev–Trinajstić information content (AvgIpc) is 2.56. The van der Waals surface area contributed by atoms with Gasteiger partial charge in [0.1, 0.15) is 12.0 Å². The standard InChI is InChI=1S/C10H12O2/c1-2-4-9(6-7-11)10-5-3-8-12-10/h2-3,5,7-9H,1,4,6H2/t9-/m1/s1. The van der Waals surface area contributed by atoms with Crippen LogP contribution in [-0.2, 0) is 4.79 Å². The molecule has 64 valence electrons. The van der Waals surface area contributed by atoms with Crippen LogP contribution in [0.2, 0.25) is 0 Å². The van der Waals surface area contributed by atoms with E-state index in [0.717, 1.165) is 18.5 Å². The van der Waals surface area contributed by atoms with Gasteiger partial charge < -0.3 is 9.21 Å². The summed E-state index contributed by atoms with van der Waals surface area (Å²) in [6.45, 7) is 3.64. The molecule has 0 spiro atoms. The van der Waals surface area contributed by atoms with Crippen LogP contribution in [0.1, 0.15) is 24.5 Å². The Kier molecular flexibility index (Phi) is 3.33. The molecule has 12 heavy (non-hydrogen) atoms. The fraction of sp³-hybridized carbons (Fsp3) is 0.300. The van der Waals surface area contributed by atoms with Gasteiger partial charge in [-0.15, -0.1) is 6.58 Å². The van der Waals surface area contributed by atoms with Gasteiger partial charge in [0.05, 0.1) is 6.26 Å². The van der Waals surface area contributed by atoms with Crippen LogP contribution in [0, 0.1) is 0 Å². The van der Waals surface area contributed by atoms with Gasteiger partial charge in [0.15, 0.2) is 0 Å². The molecular weight excluding hydrogens is 152 g/mol. The highest BCUT2D eigenvalue weighted by Gasteiger charge is 2.11. The molecule has 0 aliphatic rings. The minimum Gasteiger partial charge on any atom is -0.469 e. The SMILES string of the molecule is C=CC[C@H](CC=O)c1ccco1. The van der Waals surface area contributed by atoms with Gasteiger partial charge in [-0.1, -0.05) is 6.08 Å². The molecule has 1 heterocycles. The molecule has 0 saturated heterocycles. The van der Waals surface area contributed by atoms with E-state index >= 15 is 0 Å². The third kappa shape index (κ3) is 2.09. The summed E-state index contributed by atoms with van der Waals surface area (Å²) in [5.74, 6) is 1.03. The quantitative estimate of drug-likeness (QED) is 0.494. The number of allylic oxidation sites excluding steroid dienone is 1. The lowest BCUT2D eigenvalue weighted by Crippen LogP contribution is -1.96. The number of hydrogen-bond acceptors (Lipinski definition) is 2. The highest BCUT2D eigenvalue weighted by atomic mass is 16.3. The van der Waals surface area contributed by atoms with E-state index in [1.165, 1.54) is 0 Å². The molecule has 0 bridgehead atoms. The summed E-state index contributed by atoms with van der Waals surface area (Å²) in [6.07, 6.45) is 5.62. The number of carbonyl (C=O) groups is 1. The Bertz CT molecular complexity index is 226. The highest BCUT2D eigenvalue weighted by molar-refractivity contribution is 5.51. The Balaban J connectivity index is 2.65. The predicted octanol–water partition coefficient (Wildman–Crippen LogP) is 2.53. The molecule has 0 fully saturated rings. The van der Waals surface area contributed by atoms with E-state index < -0.39 is 0 Å². The Hall–Kier alpha value is -1.31. The van der Waals surface area contributed by atoms with Gasteiger partial charge in [-0.3, -0.25) is 0 Å². The van der Waals surface area contributed by atoms with E-state index in [4.69, 9.17) is 4.42 Å². The maximum Gasteiger partial charge on any atom is 0.120 e. The Morgan fingerprint density at radius 1 is 1.58 bits per heavy atom. The summed E-state index contributed by atoms with van der Waals surface area (Å²) in [6, 6.07) is 3.72. The molecule has 0 amide bonds. The maximum atomic E-state index is 10.3. The van der Waals surface area contributed by atoms with Crippen molar-refractivity contribution in [2.45, 2.75) is 18.8 Å². The van der Waals surface area contributed by atoms with E-state index in [1.807, 2.05) is 12.1 Å². The molecule has 1 rings (SSSR count). The fourth-order valence-corrected chi connectivity index (χ4v) is 1.17. The fourth-order valence-electron chi connectivity index (χ4n) is 1.17. The summed E-state index contributed by atoms with van der Waals surface area (Å²) < 4.78 is 5.19. The molecule has 0 N–H and O–H groups in total. The van der Waals surface area contributed by atoms with Gasteiger partial charge in [0.2, 0.25) is 0 Å². The molecule has 2 nitrogen and oxygen atoms in total. The average molecular weight is 164 g/mol. The molecule has 1 atom stereocenters. The second-order valence-electron chi connectivity index (χ2n) is 2.64. The summed E-state index contributed by atoms with van der Waals surface area (Å²) >= 11 is 0. The van der Waals surface area contributed by atoms with Crippen LogP contribution < -0.4 is 0 Å². The minimum atomic E-state index is 0.162. The number of aldehydes is 1. The van der Waals surface area contributed by atoms with Crippen LogP contribution in [0.15, 0.2) is 35.5 Å². The molecule has 2 heteroatoms. The zero-order chi connectivity index (χ0) is 8.81. The van der Waals surface area contributed by atoms with Crippen molar-refractivity contribution in [2.24, 2.45) is 0 Å². The van der Waals surface area contributed by atoms with E-state index in [0.29, 0.717) is 6.42 Å². The Morgan fingerprint density at radius 2 is 2.42 bits per heavy atom. The Morgan fingerprint density at radius 3 is 2.92 bits per heavy atom. The van der Waals surface area contributed by atoms with Gasteiger partial charge in [-0.2, -0.15) is 0 Å². The van der Waals surface area contributed by atoms with Crippen LogP contribution in [0.4, 0.5) is 0 Å². The minimum absolute atomic E-state index is 0.162. The second kappa shape index (κ2) is 4.54. The number of hydrogen-bond donors (Lipinski definition) is 0. The molecular formula is C10H12O2. The van der Waals surface area contributed by atoms with Crippen molar-refractivity contribution in [2.75, 3.05) is 0 Å². The first-order valence-corrected chi connectivity index (χ1v) is 3.96. The van der Waals surface area contributed by atoms with Crippen molar-refractivity contribution in [1.29, 1.82) is 0 Å². The number of rotatable bonds is 5. The van der Waals surface area contributed by atoms with Gasteiger partial charge in [-0.05, 0) is 18.6 Å².